The van der Waals surface area contributed by atoms with E-state index < -0.39 is 6.03 Å². The van der Waals surface area contributed by atoms with Crippen LogP contribution in [0, 0.1) is 0 Å². The zero-order valence-corrected chi connectivity index (χ0v) is 13.9. The van der Waals surface area contributed by atoms with Crippen molar-refractivity contribution in [2.45, 2.75) is 31.7 Å². The molecule has 1 saturated heterocycles. The van der Waals surface area contributed by atoms with E-state index in [4.69, 9.17) is 10.7 Å². The number of para-hydroxylation sites is 1. The lowest BCUT2D eigenvalue weighted by Crippen LogP contribution is -3.18. The van der Waals surface area contributed by atoms with Gasteiger partial charge >= 0.3 is 6.03 Å². The number of aromatic nitrogens is 1. The number of urea groups is 1. The minimum Gasteiger partial charge on any atom is -0.351 e. The molecule has 3 atom stereocenters. The first-order valence-electron chi connectivity index (χ1n) is 7.85. The van der Waals surface area contributed by atoms with Crippen LogP contribution in [-0.4, -0.2) is 36.1 Å². The number of nitrogens with zero attached hydrogens (tertiary/aromatic N) is 1. The van der Waals surface area contributed by atoms with Crippen molar-refractivity contribution in [2.24, 2.45) is 5.73 Å². The van der Waals surface area contributed by atoms with Crippen molar-refractivity contribution in [1.29, 1.82) is 0 Å². The van der Waals surface area contributed by atoms with Crippen molar-refractivity contribution in [3.8, 4) is 0 Å². The number of hydrogen-bond donors (Lipinski definition) is 3. The van der Waals surface area contributed by atoms with E-state index in [1.165, 1.54) is 9.60 Å². The summed E-state index contributed by atoms with van der Waals surface area (Å²) in [5.74, 6) is 0.0532. The first kappa shape index (κ1) is 15.9. The van der Waals surface area contributed by atoms with E-state index >= 15 is 0 Å². The number of hydrogen-bond acceptors (Lipinski definition) is 4. The van der Waals surface area contributed by atoms with Gasteiger partial charge < -0.3 is 10.6 Å². The summed E-state index contributed by atoms with van der Waals surface area (Å²) in [6.45, 7) is 3.62. The summed E-state index contributed by atoms with van der Waals surface area (Å²) in [5.41, 5.74) is 6.07. The van der Waals surface area contributed by atoms with E-state index in [2.05, 4.69) is 11.4 Å². The van der Waals surface area contributed by atoms with E-state index in [1.54, 1.807) is 11.3 Å². The van der Waals surface area contributed by atoms with Crippen molar-refractivity contribution < 1.29 is 14.5 Å². The summed E-state index contributed by atoms with van der Waals surface area (Å²) in [6, 6.07) is 7.07. The predicted octanol–water partition coefficient (Wildman–Crippen LogP) is 0.642. The molecule has 2 aromatic rings. The normalized spacial score (nSPS) is 22.7. The molecule has 7 heteroatoms. The molecule has 2 heterocycles. The van der Waals surface area contributed by atoms with E-state index in [-0.39, 0.29) is 11.9 Å². The van der Waals surface area contributed by atoms with Gasteiger partial charge in [-0.15, -0.1) is 11.3 Å². The number of nitrogens with two attached hydrogens (primary N) is 1. The van der Waals surface area contributed by atoms with Crippen molar-refractivity contribution >= 4 is 33.5 Å². The molecular weight excluding hydrogens is 312 g/mol. The summed E-state index contributed by atoms with van der Waals surface area (Å²) >= 11 is 1.74. The topological polar surface area (TPSA) is 89.5 Å². The molecule has 1 aromatic carbocycles. The van der Waals surface area contributed by atoms with E-state index in [1.807, 2.05) is 25.1 Å². The van der Waals surface area contributed by atoms with Gasteiger partial charge in [-0.05, 0) is 31.9 Å². The van der Waals surface area contributed by atoms with Crippen LogP contribution in [0.25, 0.3) is 10.2 Å². The Morgan fingerprint density at radius 3 is 2.96 bits per heavy atom. The molecule has 1 aliphatic rings. The van der Waals surface area contributed by atoms with Crippen LogP contribution in [0.15, 0.2) is 24.3 Å². The van der Waals surface area contributed by atoms with Gasteiger partial charge in [0.1, 0.15) is 5.01 Å². The number of likely N-dealkylation sites (tertiary alicyclic amines) is 1. The van der Waals surface area contributed by atoms with Gasteiger partial charge in [0.25, 0.3) is 5.91 Å². The number of primary amides is 1. The predicted molar refractivity (Wildman–Crippen MR) is 89.5 cm³/mol. The van der Waals surface area contributed by atoms with E-state index in [9.17, 15) is 9.59 Å². The number of benzene rings is 1. The molecule has 1 fully saturated rings. The molecule has 0 saturated carbocycles. The Bertz CT molecular complexity index is 697. The Balaban J connectivity index is 1.72. The quantitative estimate of drug-likeness (QED) is 0.770. The van der Waals surface area contributed by atoms with Gasteiger partial charge in [-0.2, -0.15) is 0 Å². The Morgan fingerprint density at radius 2 is 2.22 bits per heavy atom. The number of piperidine rings is 1. The molecule has 1 unspecified atom stereocenters. The van der Waals surface area contributed by atoms with Gasteiger partial charge in [-0.25, -0.2) is 9.78 Å². The second kappa shape index (κ2) is 6.64. The zero-order valence-electron chi connectivity index (χ0n) is 13.0. The maximum Gasteiger partial charge on any atom is 0.319 e. The third kappa shape index (κ3) is 3.51. The highest BCUT2D eigenvalue weighted by molar-refractivity contribution is 7.18. The van der Waals surface area contributed by atoms with Crippen LogP contribution in [0.5, 0.6) is 0 Å². The fourth-order valence-corrected chi connectivity index (χ4v) is 4.28. The number of thiazole rings is 1. The third-order valence-electron chi connectivity index (χ3n) is 4.47. The van der Waals surface area contributed by atoms with Crippen LogP contribution in [0.3, 0.4) is 0 Å². The van der Waals surface area contributed by atoms with Gasteiger partial charge in [0.05, 0.1) is 29.2 Å². The zero-order chi connectivity index (χ0) is 16.4. The number of amides is 3. The molecule has 23 heavy (non-hydrogen) atoms. The Kier molecular flexibility index (Phi) is 4.58. The van der Waals surface area contributed by atoms with Gasteiger partial charge in [-0.1, -0.05) is 12.1 Å². The minimum atomic E-state index is -0.791. The summed E-state index contributed by atoms with van der Waals surface area (Å²) < 4.78 is 1.20. The summed E-state index contributed by atoms with van der Waals surface area (Å²) in [4.78, 5) is 28.8. The molecule has 0 spiro atoms. The molecule has 6 nitrogen and oxygen atoms in total. The van der Waals surface area contributed by atoms with Crippen LogP contribution in [0.2, 0.25) is 0 Å². The highest BCUT2D eigenvalue weighted by atomic mass is 32.1. The molecule has 4 N–H and O–H groups in total. The Morgan fingerprint density at radius 1 is 1.43 bits per heavy atom. The van der Waals surface area contributed by atoms with Gasteiger partial charge in [-0.3, -0.25) is 10.1 Å². The number of imide groups is 1. The van der Waals surface area contributed by atoms with Crippen LogP contribution in [-0.2, 0) is 4.79 Å². The summed E-state index contributed by atoms with van der Waals surface area (Å²) in [6.07, 6.45) is 2.14. The lowest BCUT2D eigenvalue weighted by atomic mass is 9.97. The first-order valence-corrected chi connectivity index (χ1v) is 8.66. The van der Waals surface area contributed by atoms with Crippen molar-refractivity contribution in [2.75, 3.05) is 13.1 Å². The molecule has 0 radical (unpaired) electrons. The molecule has 1 aromatic heterocycles. The Labute approximate surface area is 138 Å². The number of nitrogens with one attached hydrogen (secondary N) is 2. The van der Waals surface area contributed by atoms with E-state index in [0.29, 0.717) is 5.92 Å². The lowest BCUT2D eigenvalue weighted by Gasteiger charge is -2.32. The average Bonchev–Trinajstić information content (AvgIpc) is 2.97. The van der Waals surface area contributed by atoms with Crippen molar-refractivity contribution in [3.63, 3.8) is 0 Å². The fourth-order valence-electron chi connectivity index (χ4n) is 3.18. The van der Waals surface area contributed by atoms with Crippen molar-refractivity contribution in [3.05, 3.63) is 29.3 Å². The van der Waals surface area contributed by atoms with Gasteiger partial charge in [0, 0.05) is 0 Å². The number of fused-ring (bicyclic) bond motifs is 1. The molecule has 0 aliphatic carbocycles. The molecule has 3 rings (SSSR count). The van der Waals surface area contributed by atoms with Gasteiger partial charge in [0.15, 0.2) is 6.04 Å². The van der Waals surface area contributed by atoms with Gasteiger partial charge in [0.2, 0.25) is 0 Å². The van der Waals surface area contributed by atoms with Crippen molar-refractivity contribution in [1.82, 2.24) is 10.3 Å². The fraction of sp³-hybridized carbons (Fsp3) is 0.438. The summed E-state index contributed by atoms with van der Waals surface area (Å²) in [5, 5.41) is 3.33. The maximum absolute atomic E-state index is 12.0. The second-order valence-electron chi connectivity index (χ2n) is 6.05. The highest BCUT2D eigenvalue weighted by Gasteiger charge is 2.33. The molecule has 3 amide bonds. The first-order chi connectivity index (χ1) is 11.0. The molecule has 122 valence electrons. The number of carbonyl (C=O) groups excluding carboxylic acids is 2. The molecule has 1 aliphatic heterocycles. The molecule has 0 bridgehead atoms. The molecular formula is C16H21N4O2S+. The van der Waals surface area contributed by atoms with Crippen LogP contribution in [0.4, 0.5) is 4.79 Å². The number of carbonyl (C=O) groups is 2. The SMILES string of the molecule is C[C@@H](C(=O)NC(N)=O)[NH+]1CCC[C@H](c2nc3ccccc3s2)C1. The third-order valence-corrected chi connectivity index (χ3v) is 5.67. The van der Waals surface area contributed by atoms with Crippen LogP contribution in [0.1, 0.15) is 30.7 Å². The maximum atomic E-state index is 12.0. The second-order valence-corrected chi connectivity index (χ2v) is 7.11. The standard InChI is InChI=1S/C16H20N4O2S/c1-10(14(21)19-16(17)22)20-8-4-5-11(9-20)15-18-12-6-2-3-7-13(12)23-15/h2-3,6-7,10-11H,4-5,8-9H2,1H3,(H3,17,19,21,22)/p+1/t10-,11-/m0/s1. The number of quaternary nitrogens is 1. The van der Waals surface area contributed by atoms with Crippen LogP contribution >= 0.6 is 11.3 Å². The number of rotatable bonds is 3. The summed E-state index contributed by atoms with van der Waals surface area (Å²) in [7, 11) is 0. The van der Waals surface area contributed by atoms with E-state index in [0.717, 1.165) is 36.5 Å². The Hall–Kier alpha value is -1.99. The average molecular weight is 333 g/mol. The minimum absolute atomic E-state index is 0.292. The lowest BCUT2D eigenvalue weighted by molar-refractivity contribution is -0.920. The monoisotopic (exact) mass is 333 g/mol. The largest absolute Gasteiger partial charge is 0.351 e. The van der Waals surface area contributed by atoms with Crippen LogP contribution < -0.4 is 16.0 Å². The highest BCUT2D eigenvalue weighted by Crippen LogP contribution is 2.30. The smallest absolute Gasteiger partial charge is 0.319 e.